The van der Waals surface area contributed by atoms with Gasteiger partial charge >= 0.3 is 0 Å². The van der Waals surface area contributed by atoms with Crippen molar-refractivity contribution in [2.24, 2.45) is 5.92 Å². The van der Waals surface area contributed by atoms with E-state index in [1.807, 2.05) is 0 Å². The highest BCUT2D eigenvalue weighted by atomic mass is 16.6. The summed E-state index contributed by atoms with van der Waals surface area (Å²) in [7, 11) is 2.14. The van der Waals surface area contributed by atoms with Crippen LogP contribution in [0, 0.1) is 23.0 Å². The van der Waals surface area contributed by atoms with E-state index in [9.17, 15) is 10.1 Å². The molecule has 0 amide bonds. The molecule has 0 aliphatic carbocycles. The average molecular weight is 249 g/mol. The van der Waals surface area contributed by atoms with E-state index in [-0.39, 0.29) is 10.6 Å². The standard InChI is InChI=1S/C13H19N3O2/c1-10-13(16(17)18)4-3-12(14-10)9-11-5-7-15(2)8-6-11/h3-4,11H,5-9H2,1-2H3. The maximum atomic E-state index is 10.7. The Hall–Kier alpha value is -1.49. The number of nitrogens with zero attached hydrogens (tertiary/aromatic N) is 3. The first kappa shape index (κ1) is 13.0. The summed E-state index contributed by atoms with van der Waals surface area (Å²) in [5.41, 5.74) is 1.61. The van der Waals surface area contributed by atoms with E-state index in [1.165, 1.54) is 12.8 Å². The summed E-state index contributed by atoms with van der Waals surface area (Å²) in [6.07, 6.45) is 3.31. The molecule has 18 heavy (non-hydrogen) atoms. The van der Waals surface area contributed by atoms with Crippen molar-refractivity contribution in [3.05, 3.63) is 33.6 Å². The Kier molecular flexibility index (Phi) is 3.91. The fourth-order valence-electron chi connectivity index (χ4n) is 2.47. The lowest BCUT2D eigenvalue weighted by Crippen LogP contribution is -2.31. The quantitative estimate of drug-likeness (QED) is 0.608. The predicted molar refractivity (Wildman–Crippen MR) is 69.6 cm³/mol. The molecule has 1 aromatic heterocycles. The number of aromatic nitrogens is 1. The van der Waals surface area contributed by atoms with Gasteiger partial charge in [0.1, 0.15) is 5.69 Å². The van der Waals surface area contributed by atoms with E-state index >= 15 is 0 Å². The Morgan fingerprint density at radius 1 is 1.44 bits per heavy atom. The summed E-state index contributed by atoms with van der Waals surface area (Å²) < 4.78 is 0. The fourth-order valence-corrected chi connectivity index (χ4v) is 2.47. The Labute approximate surface area is 107 Å². The van der Waals surface area contributed by atoms with Gasteiger partial charge in [-0.2, -0.15) is 0 Å². The number of nitro groups is 1. The van der Waals surface area contributed by atoms with Crippen molar-refractivity contribution in [2.45, 2.75) is 26.2 Å². The van der Waals surface area contributed by atoms with Gasteiger partial charge in [-0.1, -0.05) is 0 Å². The number of rotatable bonds is 3. The average Bonchev–Trinajstić information content (AvgIpc) is 2.32. The van der Waals surface area contributed by atoms with Gasteiger partial charge in [-0.15, -0.1) is 0 Å². The van der Waals surface area contributed by atoms with Crippen LogP contribution in [0.1, 0.15) is 24.2 Å². The molecule has 1 aliphatic heterocycles. The van der Waals surface area contributed by atoms with E-state index in [0.717, 1.165) is 25.2 Å². The first-order valence-corrected chi connectivity index (χ1v) is 6.35. The molecule has 0 atom stereocenters. The Bertz CT molecular complexity index is 440. The molecule has 2 heterocycles. The van der Waals surface area contributed by atoms with Gasteiger partial charge in [-0.3, -0.25) is 15.1 Å². The first-order chi connectivity index (χ1) is 8.56. The van der Waals surface area contributed by atoms with Gasteiger partial charge < -0.3 is 4.90 Å². The first-order valence-electron chi connectivity index (χ1n) is 6.35. The minimum atomic E-state index is -0.373. The monoisotopic (exact) mass is 249 g/mol. The molecule has 2 rings (SSSR count). The van der Waals surface area contributed by atoms with Gasteiger partial charge in [0.15, 0.2) is 0 Å². The van der Waals surface area contributed by atoms with E-state index in [0.29, 0.717) is 11.6 Å². The maximum Gasteiger partial charge on any atom is 0.290 e. The molecule has 0 unspecified atom stereocenters. The van der Waals surface area contributed by atoms with Gasteiger partial charge in [0.05, 0.1) is 4.92 Å². The molecule has 1 saturated heterocycles. The van der Waals surface area contributed by atoms with Crippen LogP contribution >= 0.6 is 0 Å². The van der Waals surface area contributed by atoms with Crippen molar-refractivity contribution in [2.75, 3.05) is 20.1 Å². The molecular formula is C13H19N3O2. The SMILES string of the molecule is Cc1nc(CC2CCN(C)CC2)ccc1[N+](=O)[O-]. The molecule has 0 aromatic carbocycles. The number of hydrogen-bond donors (Lipinski definition) is 0. The lowest BCUT2D eigenvalue weighted by molar-refractivity contribution is -0.385. The molecule has 98 valence electrons. The third-order valence-electron chi connectivity index (χ3n) is 3.65. The Morgan fingerprint density at radius 2 is 2.11 bits per heavy atom. The van der Waals surface area contributed by atoms with Gasteiger partial charge in [0.25, 0.3) is 5.69 Å². The second-order valence-electron chi connectivity index (χ2n) is 5.12. The second-order valence-corrected chi connectivity index (χ2v) is 5.12. The van der Waals surface area contributed by atoms with E-state index in [2.05, 4.69) is 16.9 Å². The smallest absolute Gasteiger partial charge is 0.290 e. The van der Waals surface area contributed by atoms with Crippen molar-refractivity contribution in [3.63, 3.8) is 0 Å². The summed E-state index contributed by atoms with van der Waals surface area (Å²) >= 11 is 0. The van der Waals surface area contributed by atoms with Gasteiger partial charge in [-0.05, 0) is 58.3 Å². The molecule has 0 spiro atoms. The van der Waals surface area contributed by atoms with Gasteiger partial charge in [0, 0.05) is 11.8 Å². The fraction of sp³-hybridized carbons (Fsp3) is 0.615. The predicted octanol–water partition coefficient (Wildman–Crippen LogP) is 2.18. The largest absolute Gasteiger partial charge is 0.306 e. The van der Waals surface area contributed by atoms with Crippen LogP contribution in [0.3, 0.4) is 0 Å². The topological polar surface area (TPSA) is 59.3 Å². The summed E-state index contributed by atoms with van der Waals surface area (Å²) in [6.45, 7) is 3.98. The molecule has 0 bridgehead atoms. The third kappa shape index (κ3) is 3.04. The van der Waals surface area contributed by atoms with Gasteiger partial charge in [-0.25, -0.2) is 0 Å². The van der Waals surface area contributed by atoms with Crippen LogP contribution in [0.4, 0.5) is 5.69 Å². The Balaban J connectivity index is 2.02. The number of piperidine rings is 1. The zero-order valence-corrected chi connectivity index (χ0v) is 10.9. The number of pyridine rings is 1. The third-order valence-corrected chi connectivity index (χ3v) is 3.65. The summed E-state index contributed by atoms with van der Waals surface area (Å²) in [6, 6.07) is 3.37. The number of aryl methyl sites for hydroxylation is 1. The zero-order valence-electron chi connectivity index (χ0n) is 10.9. The van der Waals surface area contributed by atoms with Crippen LogP contribution in [-0.2, 0) is 6.42 Å². The molecule has 0 N–H and O–H groups in total. The summed E-state index contributed by atoms with van der Waals surface area (Å²) in [5.74, 6) is 0.662. The van der Waals surface area contributed by atoms with Crippen molar-refractivity contribution >= 4 is 5.69 Å². The normalized spacial score (nSPS) is 17.9. The lowest BCUT2D eigenvalue weighted by atomic mass is 9.92. The van der Waals surface area contributed by atoms with Crippen LogP contribution in [-0.4, -0.2) is 34.9 Å². The molecule has 0 saturated carbocycles. The van der Waals surface area contributed by atoms with E-state index in [4.69, 9.17) is 0 Å². The molecule has 5 nitrogen and oxygen atoms in total. The minimum absolute atomic E-state index is 0.113. The molecule has 1 aromatic rings. The van der Waals surface area contributed by atoms with E-state index in [1.54, 1.807) is 19.1 Å². The highest BCUT2D eigenvalue weighted by Gasteiger charge is 2.19. The van der Waals surface area contributed by atoms with Crippen LogP contribution in [0.2, 0.25) is 0 Å². The maximum absolute atomic E-state index is 10.7. The lowest BCUT2D eigenvalue weighted by Gasteiger charge is -2.28. The summed E-state index contributed by atoms with van der Waals surface area (Å²) in [4.78, 5) is 17.0. The van der Waals surface area contributed by atoms with Crippen LogP contribution in [0.5, 0.6) is 0 Å². The highest BCUT2D eigenvalue weighted by molar-refractivity contribution is 5.35. The van der Waals surface area contributed by atoms with Crippen molar-refractivity contribution in [1.29, 1.82) is 0 Å². The second kappa shape index (κ2) is 5.44. The molecule has 1 fully saturated rings. The molecule has 1 aliphatic rings. The van der Waals surface area contributed by atoms with Crippen molar-refractivity contribution in [3.8, 4) is 0 Å². The van der Waals surface area contributed by atoms with Crippen LogP contribution < -0.4 is 0 Å². The van der Waals surface area contributed by atoms with Crippen LogP contribution in [0.25, 0.3) is 0 Å². The van der Waals surface area contributed by atoms with Crippen LogP contribution in [0.15, 0.2) is 12.1 Å². The molecule has 5 heteroatoms. The number of hydrogen-bond acceptors (Lipinski definition) is 4. The Morgan fingerprint density at radius 3 is 2.67 bits per heavy atom. The van der Waals surface area contributed by atoms with Crippen molar-refractivity contribution < 1.29 is 4.92 Å². The zero-order chi connectivity index (χ0) is 13.1. The highest BCUT2D eigenvalue weighted by Crippen LogP contribution is 2.22. The summed E-state index contributed by atoms with van der Waals surface area (Å²) in [5, 5.41) is 10.7. The molecule has 0 radical (unpaired) electrons. The molecular weight excluding hydrogens is 230 g/mol. The minimum Gasteiger partial charge on any atom is -0.306 e. The van der Waals surface area contributed by atoms with E-state index < -0.39 is 0 Å². The van der Waals surface area contributed by atoms with Gasteiger partial charge in [0.2, 0.25) is 0 Å². The van der Waals surface area contributed by atoms with Crippen molar-refractivity contribution in [1.82, 2.24) is 9.88 Å². The number of likely N-dealkylation sites (tertiary alicyclic amines) is 1.